The van der Waals surface area contributed by atoms with Gasteiger partial charge in [-0.1, -0.05) is 71.0 Å². The minimum atomic E-state index is -2.19. The van der Waals surface area contributed by atoms with Gasteiger partial charge in [-0.05, 0) is 72.1 Å². The van der Waals surface area contributed by atoms with Crippen LogP contribution in [0.25, 0.3) is 0 Å². The Labute approximate surface area is 265 Å². The van der Waals surface area contributed by atoms with Gasteiger partial charge in [0.15, 0.2) is 31.7 Å². The SMILES string of the molecule is COc1ccc(COCC2=C(C(=O)[C@H]3O[C@]3(C)COCc3ccccc3)[C@H](O[Si](C)(C)C(C)(C)C)CCC2(C)C)cc1OC. The number of carbonyl (C=O) groups is 1. The smallest absolute Gasteiger partial charge is 0.193 e. The van der Waals surface area contributed by atoms with Gasteiger partial charge in [0.2, 0.25) is 0 Å². The molecule has 1 aliphatic carbocycles. The van der Waals surface area contributed by atoms with Crippen LogP contribution in [0, 0.1) is 5.41 Å². The van der Waals surface area contributed by atoms with Gasteiger partial charge in [-0.3, -0.25) is 4.79 Å². The van der Waals surface area contributed by atoms with Gasteiger partial charge in [-0.15, -0.1) is 0 Å². The lowest BCUT2D eigenvalue weighted by Gasteiger charge is -2.44. The number of benzene rings is 2. The van der Waals surface area contributed by atoms with Crippen molar-refractivity contribution in [2.75, 3.05) is 27.4 Å². The zero-order chi connectivity index (χ0) is 32.3. The molecule has 1 saturated heterocycles. The van der Waals surface area contributed by atoms with Crippen LogP contribution in [-0.4, -0.2) is 59.3 Å². The molecular weight excluding hydrogens is 572 g/mol. The molecule has 0 N–H and O–H groups in total. The van der Waals surface area contributed by atoms with E-state index in [0.29, 0.717) is 37.9 Å². The second-order valence-electron chi connectivity index (χ2n) is 14.5. The summed E-state index contributed by atoms with van der Waals surface area (Å²) in [4.78, 5) is 14.5. The Morgan fingerprint density at radius 3 is 2.20 bits per heavy atom. The Hall–Kier alpha value is -2.49. The highest BCUT2D eigenvalue weighted by atomic mass is 28.4. The van der Waals surface area contributed by atoms with Gasteiger partial charge >= 0.3 is 0 Å². The van der Waals surface area contributed by atoms with Crippen molar-refractivity contribution in [2.45, 2.75) is 104 Å². The van der Waals surface area contributed by atoms with E-state index in [2.05, 4.69) is 47.7 Å². The fraction of sp³-hybridized carbons (Fsp3) is 0.583. The van der Waals surface area contributed by atoms with E-state index in [1.807, 2.05) is 55.5 Å². The summed E-state index contributed by atoms with van der Waals surface area (Å²) in [6, 6.07) is 15.8. The van der Waals surface area contributed by atoms with E-state index in [-0.39, 0.29) is 22.3 Å². The van der Waals surface area contributed by atoms with Crippen LogP contribution >= 0.6 is 0 Å². The predicted octanol–water partition coefficient (Wildman–Crippen LogP) is 7.67. The summed E-state index contributed by atoms with van der Waals surface area (Å²) in [7, 11) is 1.06. The normalized spacial score (nSPS) is 23.4. The van der Waals surface area contributed by atoms with E-state index in [1.54, 1.807) is 14.2 Å². The first-order valence-corrected chi connectivity index (χ1v) is 18.6. The average Bonchev–Trinajstić information content (AvgIpc) is 3.65. The lowest BCUT2D eigenvalue weighted by atomic mass is 9.70. The van der Waals surface area contributed by atoms with Crippen LogP contribution in [0.4, 0.5) is 0 Å². The van der Waals surface area contributed by atoms with Crippen molar-refractivity contribution in [3.8, 4) is 11.5 Å². The number of Topliss-reactive ketones (excluding diaryl/α,β-unsaturated/α-hetero) is 1. The summed E-state index contributed by atoms with van der Waals surface area (Å²) in [5.41, 5.74) is 2.88. The maximum atomic E-state index is 14.5. The van der Waals surface area contributed by atoms with E-state index < -0.39 is 20.0 Å². The molecule has 2 aliphatic rings. The first-order chi connectivity index (χ1) is 20.6. The van der Waals surface area contributed by atoms with Crippen molar-refractivity contribution >= 4 is 14.1 Å². The summed E-state index contributed by atoms with van der Waals surface area (Å²) in [6.45, 7) is 19.1. The molecule has 2 aromatic rings. The molecule has 1 fully saturated rings. The van der Waals surface area contributed by atoms with Crippen LogP contribution in [-0.2, 0) is 36.6 Å². The average molecular weight is 625 g/mol. The number of methoxy groups -OCH3 is 2. The summed E-state index contributed by atoms with van der Waals surface area (Å²) in [5, 5.41) is 0.00802. The van der Waals surface area contributed by atoms with Crippen LogP contribution in [0.1, 0.15) is 65.5 Å². The third kappa shape index (κ3) is 7.83. The summed E-state index contributed by atoms with van der Waals surface area (Å²) in [5.74, 6) is 1.33. The van der Waals surface area contributed by atoms with Gasteiger partial charge in [0.25, 0.3) is 0 Å². The molecule has 4 rings (SSSR count). The van der Waals surface area contributed by atoms with Crippen molar-refractivity contribution < 1.29 is 32.9 Å². The number of hydrogen-bond donors (Lipinski definition) is 0. The summed E-state index contributed by atoms with van der Waals surface area (Å²) in [6.07, 6.45) is 0.817. The second-order valence-corrected chi connectivity index (χ2v) is 19.3. The van der Waals surface area contributed by atoms with Crippen molar-refractivity contribution in [3.05, 3.63) is 70.8 Å². The fourth-order valence-electron chi connectivity index (χ4n) is 5.58. The van der Waals surface area contributed by atoms with Crippen LogP contribution in [0.2, 0.25) is 18.1 Å². The Balaban J connectivity index is 1.58. The first kappa shape index (κ1) is 34.4. The summed E-state index contributed by atoms with van der Waals surface area (Å²) < 4.78 is 36.3. The molecule has 3 atom stereocenters. The lowest BCUT2D eigenvalue weighted by molar-refractivity contribution is -0.118. The molecule has 1 aliphatic heterocycles. The first-order valence-electron chi connectivity index (χ1n) is 15.7. The van der Waals surface area contributed by atoms with Crippen molar-refractivity contribution in [1.82, 2.24) is 0 Å². The maximum Gasteiger partial charge on any atom is 0.193 e. The number of epoxide rings is 1. The molecule has 44 heavy (non-hydrogen) atoms. The molecule has 1 heterocycles. The number of ketones is 1. The third-order valence-corrected chi connectivity index (χ3v) is 14.1. The Morgan fingerprint density at radius 2 is 1.57 bits per heavy atom. The highest BCUT2D eigenvalue weighted by Gasteiger charge is 2.59. The molecule has 0 spiro atoms. The highest BCUT2D eigenvalue weighted by molar-refractivity contribution is 6.74. The van der Waals surface area contributed by atoms with Crippen LogP contribution in [0.3, 0.4) is 0 Å². The third-order valence-electron chi connectivity index (χ3n) is 9.59. The van der Waals surface area contributed by atoms with Crippen LogP contribution in [0.15, 0.2) is 59.7 Å². The number of hydrogen-bond acceptors (Lipinski definition) is 7. The molecule has 0 saturated carbocycles. The predicted molar refractivity (Wildman–Crippen MR) is 176 cm³/mol. The number of carbonyl (C=O) groups excluding carboxylic acids is 1. The number of ether oxygens (including phenoxy) is 5. The van der Waals surface area contributed by atoms with E-state index in [0.717, 1.165) is 35.1 Å². The summed E-state index contributed by atoms with van der Waals surface area (Å²) >= 11 is 0. The molecular formula is C36H52O7Si. The molecule has 0 radical (unpaired) electrons. The van der Waals surface area contributed by atoms with Gasteiger partial charge in [0, 0.05) is 5.57 Å². The molecule has 8 heteroatoms. The monoisotopic (exact) mass is 624 g/mol. The van der Waals surface area contributed by atoms with Gasteiger partial charge in [0.1, 0.15) is 5.60 Å². The number of rotatable bonds is 14. The Bertz CT molecular complexity index is 1330. The van der Waals surface area contributed by atoms with E-state index in [1.165, 1.54) is 0 Å². The topological polar surface area (TPSA) is 75.8 Å². The minimum Gasteiger partial charge on any atom is -0.493 e. The molecule has 2 aromatic carbocycles. The van der Waals surface area contributed by atoms with Crippen LogP contribution in [0.5, 0.6) is 11.5 Å². The molecule has 0 amide bonds. The van der Waals surface area contributed by atoms with Crippen molar-refractivity contribution in [1.29, 1.82) is 0 Å². The molecule has 0 unspecified atom stereocenters. The molecule has 7 nitrogen and oxygen atoms in total. The van der Waals surface area contributed by atoms with Gasteiger partial charge in [-0.25, -0.2) is 0 Å². The maximum absolute atomic E-state index is 14.5. The second kappa shape index (κ2) is 13.5. The lowest BCUT2D eigenvalue weighted by Crippen LogP contribution is -2.48. The zero-order valence-electron chi connectivity index (χ0n) is 28.4. The minimum absolute atomic E-state index is 0.00277. The Morgan fingerprint density at radius 1 is 0.909 bits per heavy atom. The van der Waals surface area contributed by atoms with Crippen LogP contribution < -0.4 is 9.47 Å². The quantitative estimate of drug-likeness (QED) is 0.158. The van der Waals surface area contributed by atoms with E-state index in [4.69, 9.17) is 28.1 Å². The van der Waals surface area contributed by atoms with E-state index in [9.17, 15) is 4.79 Å². The molecule has 0 aromatic heterocycles. The fourth-order valence-corrected chi connectivity index (χ4v) is 6.88. The Kier molecular flexibility index (Phi) is 10.5. The largest absolute Gasteiger partial charge is 0.493 e. The van der Waals surface area contributed by atoms with Gasteiger partial charge < -0.3 is 28.1 Å². The van der Waals surface area contributed by atoms with Crippen molar-refractivity contribution in [3.63, 3.8) is 0 Å². The highest BCUT2D eigenvalue weighted by Crippen LogP contribution is 2.48. The van der Waals surface area contributed by atoms with E-state index >= 15 is 0 Å². The van der Waals surface area contributed by atoms with Gasteiger partial charge in [0.05, 0.1) is 46.8 Å². The molecule has 0 bridgehead atoms. The van der Waals surface area contributed by atoms with Gasteiger partial charge in [-0.2, -0.15) is 0 Å². The van der Waals surface area contributed by atoms with Crippen molar-refractivity contribution in [2.24, 2.45) is 5.41 Å². The zero-order valence-corrected chi connectivity index (χ0v) is 29.4. The standard InChI is InChI=1S/C36H52O7Si/c1-34(2,3)44(9,10)43-29-18-19-35(4,5)27(23-40-22-26-16-17-28(38-7)30(20-26)39-8)31(29)32(37)33-36(6,42-33)24-41-21-25-14-12-11-13-15-25/h11-17,20,29,33H,18-19,21-24H2,1-10H3/t29-,33-,36-/m1/s1. The molecule has 242 valence electrons.